The Hall–Kier alpha value is -0.800. The maximum absolute atomic E-state index is 5.79. The van der Waals surface area contributed by atoms with Gasteiger partial charge in [-0.05, 0) is 57.2 Å². The van der Waals surface area contributed by atoms with E-state index in [4.69, 9.17) is 4.42 Å². The molecule has 3 nitrogen and oxygen atoms in total. The Balaban J connectivity index is 1.66. The van der Waals surface area contributed by atoms with Gasteiger partial charge in [0.2, 0.25) is 0 Å². The van der Waals surface area contributed by atoms with Crippen molar-refractivity contribution >= 4 is 0 Å². The maximum atomic E-state index is 5.79. The molecule has 1 heterocycles. The van der Waals surface area contributed by atoms with E-state index in [1.807, 2.05) is 0 Å². The molecule has 0 spiro atoms. The first-order chi connectivity index (χ1) is 9.15. The van der Waals surface area contributed by atoms with E-state index >= 15 is 0 Å². The Bertz CT molecular complexity index is 380. The van der Waals surface area contributed by atoms with Crippen LogP contribution in [0.4, 0.5) is 0 Å². The van der Waals surface area contributed by atoms with Gasteiger partial charge in [-0.1, -0.05) is 13.8 Å². The van der Waals surface area contributed by atoms with Crippen molar-refractivity contribution < 1.29 is 4.42 Å². The fraction of sp³-hybridized carbons (Fsp3) is 0.750. The van der Waals surface area contributed by atoms with E-state index in [1.54, 1.807) is 0 Å². The van der Waals surface area contributed by atoms with E-state index in [0.29, 0.717) is 6.04 Å². The van der Waals surface area contributed by atoms with Gasteiger partial charge in [-0.3, -0.25) is 0 Å². The second kappa shape index (κ2) is 7.11. The molecule has 2 rings (SSSR count). The zero-order valence-corrected chi connectivity index (χ0v) is 12.6. The molecule has 19 heavy (non-hydrogen) atoms. The third-order valence-electron chi connectivity index (χ3n) is 3.64. The minimum atomic E-state index is 0.502. The number of furan rings is 1. The van der Waals surface area contributed by atoms with Crippen LogP contribution in [-0.2, 0) is 13.0 Å². The summed E-state index contributed by atoms with van der Waals surface area (Å²) in [5.74, 6) is 2.16. The molecule has 1 aliphatic rings. The van der Waals surface area contributed by atoms with Crippen molar-refractivity contribution in [3.63, 3.8) is 0 Å². The Morgan fingerprint density at radius 2 is 2.11 bits per heavy atom. The van der Waals surface area contributed by atoms with Crippen LogP contribution < -0.4 is 10.6 Å². The number of hydrogen-bond donors (Lipinski definition) is 2. The second-order valence-electron chi connectivity index (χ2n) is 6.02. The van der Waals surface area contributed by atoms with Crippen LogP contribution >= 0.6 is 0 Å². The normalized spacial score (nSPS) is 15.4. The molecule has 0 saturated heterocycles. The van der Waals surface area contributed by atoms with Crippen LogP contribution in [0.15, 0.2) is 10.5 Å². The standard InChI is InChI=1S/C16H28N2O/c1-12(2)18-11-16-10-14(13(3)19-16)6-4-5-9-17-15-7-8-15/h10,12,15,17-18H,4-9,11H2,1-3H3. The zero-order chi connectivity index (χ0) is 13.7. The van der Waals surface area contributed by atoms with Gasteiger partial charge in [-0.2, -0.15) is 0 Å². The highest BCUT2D eigenvalue weighted by Crippen LogP contribution is 2.19. The number of unbranched alkanes of at least 4 members (excludes halogenated alkanes) is 1. The van der Waals surface area contributed by atoms with Crippen molar-refractivity contribution in [1.82, 2.24) is 10.6 Å². The molecule has 0 radical (unpaired) electrons. The van der Waals surface area contributed by atoms with Gasteiger partial charge < -0.3 is 15.1 Å². The molecule has 1 aliphatic carbocycles. The lowest BCUT2D eigenvalue weighted by Crippen LogP contribution is -2.21. The predicted octanol–water partition coefficient (Wildman–Crippen LogP) is 3.16. The smallest absolute Gasteiger partial charge is 0.118 e. The van der Waals surface area contributed by atoms with Crippen LogP contribution in [0, 0.1) is 6.92 Å². The highest BCUT2D eigenvalue weighted by molar-refractivity contribution is 5.20. The SMILES string of the molecule is Cc1oc(CNC(C)C)cc1CCCCNC1CC1. The molecule has 108 valence electrons. The summed E-state index contributed by atoms with van der Waals surface area (Å²) in [4.78, 5) is 0. The molecular weight excluding hydrogens is 236 g/mol. The zero-order valence-electron chi connectivity index (χ0n) is 12.6. The van der Waals surface area contributed by atoms with E-state index in [2.05, 4.69) is 37.5 Å². The number of nitrogens with one attached hydrogen (secondary N) is 2. The second-order valence-corrected chi connectivity index (χ2v) is 6.02. The third-order valence-corrected chi connectivity index (χ3v) is 3.64. The monoisotopic (exact) mass is 264 g/mol. The van der Waals surface area contributed by atoms with E-state index in [1.165, 1.54) is 37.8 Å². The number of aryl methyl sites for hydroxylation is 2. The summed E-state index contributed by atoms with van der Waals surface area (Å²) in [5, 5.41) is 6.96. The quantitative estimate of drug-likeness (QED) is 0.673. The van der Waals surface area contributed by atoms with Gasteiger partial charge in [-0.15, -0.1) is 0 Å². The summed E-state index contributed by atoms with van der Waals surface area (Å²) in [6, 6.07) is 3.56. The predicted molar refractivity (Wildman–Crippen MR) is 79.4 cm³/mol. The van der Waals surface area contributed by atoms with E-state index < -0.39 is 0 Å². The molecule has 0 aromatic carbocycles. The number of rotatable bonds is 9. The molecule has 3 heteroatoms. The van der Waals surface area contributed by atoms with Gasteiger partial charge in [0.25, 0.3) is 0 Å². The lowest BCUT2D eigenvalue weighted by Gasteiger charge is -2.04. The fourth-order valence-corrected chi connectivity index (χ4v) is 2.26. The van der Waals surface area contributed by atoms with Crippen molar-refractivity contribution in [1.29, 1.82) is 0 Å². The average Bonchev–Trinajstić information content (AvgIpc) is 3.11. The molecule has 0 aliphatic heterocycles. The van der Waals surface area contributed by atoms with Crippen LogP contribution in [0.5, 0.6) is 0 Å². The third kappa shape index (κ3) is 5.37. The van der Waals surface area contributed by atoms with Crippen LogP contribution in [0.25, 0.3) is 0 Å². The van der Waals surface area contributed by atoms with Gasteiger partial charge in [0.05, 0.1) is 6.54 Å². The molecular formula is C16H28N2O. The van der Waals surface area contributed by atoms with Crippen LogP contribution in [-0.4, -0.2) is 18.6 Å². The fourth-order valence-electron chi connectivity index (χ4n) is 2.26. The molecule has 0 atom stereocenters. The highest BCUT2D eigenvalue weighted by atomic mass is 16.3. The Morgan fingerprint density at radius 1 is 1.32 bits per heavy atom. The van der Waals surface area contributed by atoms with Gasteiger partial charge in [0.1, 0.15) is 11.5 Å². The first kappa shape index (κ1) is 14.6. The summed E-state index contributed by atoms with van der Waals surface area (Å²) < 4.78 is 5.79. The van der Waals surface area contributed by atoms with E-state index in [9.17, 15) is 0 Å². The topological polar surface area (TPSA) is 37.2 Å². The summed E-state index contributed by atoms with van der Waals surface area (Å²) in [6.45, 7) is 8.40. The molecule has 0 unspecified atom stereocenters. The van der Waals surface area contributed by atoms with Crippen molar-refractivity contribution in [2.24, 2.45) is 0 Å². The lowest BCUT2D eigenvalue weighted by molar-refractivity contribution is 0.446. The molecule has 1 aromatic rings. The summed E-state index contributed by atoms with van der Waals surface area (Å²) in [7, 11) is 0. The first-order valence-corrected chi connectivity index (χ1v) is 7.70. The van der Waals surface area contributed by atoms with E-state index in [-0.39, 0.29) is 0 Å². The van der Waals surface area contributed by atoms with E-state index in [0.717, 1.165) is 30.5 Å². The molecule has 0 bridgehead atoms. The van der Waals surface area contributed by atoms with Crippen molar-refractivity contribution in [2.75, 3.05) is 6.54 Å². The summed E-state index contributed by atoms with van der Waals surface area (Å²) in [6.07, 6.45) is 6.42. The van der Waals surface area contributed by atoms with Gasteiger partial charge in [0.15, 0.2) is 0 Å². The average molecular weight is 264 g/mol. The molecule has 0 amide bonds. The molecule has 1 saturated carbocycles. The molecule has 1 aromatic heterocycles. The Morgan fingerprint density at radius 3 is 2.79 bits per heavy atom. The Labute approximate surface area is 117 Å². The lowest BCUT2D eigenvalue weighted by atomic mass is 10.1. The first-order valence-electron chi connectivity index (χ1n) is 7.70. The van der Waals surface area contributed by atoms with Gasteiger partial charge in [-0.25, -0.2) is 0 Å². The minimum Gasteiger partial charge on any atom is -0.465 e. The van der Waals surface area contributed by atoms with Crippen molar-refractivity contribution in [2.45, 2.75) is 71.5 Å². The van der Waals surface area contributed by atoms with Crippen LogP contribution in [0.3, 0.4) is 0 Å². The number of hydrogen-bond acceptors (Lipinski definition) is 3. The maximum Gasteiger partial charge on any atom is 0.118 e. The van der Waals surface area contributed by atoms with Crippen molar-refractivity contribution in [3.05, 3.63) is 23.2 Å². The van der Waals surface area contributed by atoms with Gasteiger partial charge >= 0.3 is 0 Å². The molecule has 2 N–H and O–H groups in total. The van der Waals surface area contributed by atoms with Crippen LogP contribution in [0.2, 0.25) is 0 Å². The molecule has 1 fully saturated rings. The van der Waals surface area contributed by atoms with Gasteiger partial charge in [0, 0.05) is 12.1 Å². The minimum absolute atomic E-state index is 0.502. The van der Waals surface area contributed by atoms with Crippen molar-refractivity contribution in [3.8, 4) is 0 Å². The largest absolute Gasteiger partial charge is 0.465 e. The Kier molecular flexibility index (Phi) is 5.46. The summed E-state index contributed by atoms with van der Waals surface area (Å²) in [5.41, 5.74) is 1.38. The van der Waals surface area contributed by atoms with Crippen LogP contribution in [0.1, 0.15) is 56.6 Å². The highest BCUT2D eigenvalue weighted by Gasteiger charge is 2.19. The summed E-state index contributed by atoms with van der Waals surface area (Å²) >= 11 is 0.